The fourth-order valence-corrected chi connectivity index (χ4v) is 3.88. The molecule has 1 N–H and O–H groups in total. The van der Waals surface area contributed by atoms with Crippen molar-refractivity contribution in [3.8, 4) is 0 Å². The Hall–Kier alpha value is -2.39. The number of hydrogen-bond donors (Lipinski definition) is 1. The van der Waals surface area contributed by atoms with Crippen LogP contribution in [0.1, 0.15) is 57.2 Å². The molecule has 10 heteroatoms. The van der Waals surface area contributed by atoms with Crippen LogP contribution in [-0.4, -0.2) is 40.8 Å². The third kappa shape index (κ3) is 5.16. The van der Waals surface area contributed by atoms with Gasteiger partial charge in [-0.1, -0.05) is 18.5 Å². The highest BCUT2D eigenvalue weighted by molar-refractivity contribution is 7.18. The average Bonchev–Trinajstić information content (AvgIpc) is 3.11. The number of ether oxygens (including phenoxy) is 2. The van der Waals surface area contributed by atoms with E-state index < -0.39 is 17.8 Å². The number of carbonyl (C=O) groups is 3. The molecule has 0 aliphatic rings. The maximum atomic E-state index is 12.6. The third-order valence-corrected chi connectivity index (χ3v) is 5.82. The molecule has 0 unspecified atom stereocenters. The molecule has 0 fully saturated rings. The maximum Gasteiger partial charge on any atom is 0.348 e. The topological polar surface area (TPSA) is 99.5 Å². The Morgan fingerprint density at radius 3 is 2.38 bits per heavy atom. The van der Waals surface area contributed by atoms with Crippen molar-refractivity contribution in [2.24, 2.45) is 0 Å². The van der Waals surface area contributed by atoms with Gasteiger partial charge in [-0.15, -0.1) is 11.3 Å². The minimum atomic E-state index is -0.597. The highest BCUT2D eigenvalue weighted by Gasteiger charge is 2.27. The van der Waals surface area contributed by atoms with E-state index in [-0.39, 0.29) is 35.2 Å². The van der Waals surface area contributed by atoms with E-state index >= 15 is 0 Å². The molecule has 0 saturated heterocycles. The minimum absolute atomic E-state index is 0.0888. The highest BCUT2D eigenvalue weighted by atomic mass is 35.5. The summed E-state index contributed by atoms with van der Waals surface area (Å²) >= 11 is 7.10. The number of rotatable bonds is 8. The maximum absolute atomic E-state index is 12.6. The van der Waals surface area contributed by atoms with E-state index in [2.05, 4.69) is 10.4 Å². The van der Waals surface area contributed by atoms with Gasteiger partial charge >= 0.3 is 11.9 Å². The molecule has 0 aromatic carbocycles. The summed E-state index contributed by atoms with van der Waals surface area (Å²) in [5, 5.41) is 7.66. The summed E-state index contributed by atoms with van der Waals surface area (Å²) < 4.78 is 11.7. The number of aryl methyl sites for hydroxylation is 1. The molecule has 0 aliphatic carbocycles. The van der Waals surface area contributed by atoms with Crippen molar-refractivity contribution in [2.75, 3.05) is 18.5 Å². The Balaban J connectivity index is 2.32. The number of nitrogens with zero attached hydrogens (tertiary/aromatic N) is 2. The van der Waals surface area contributed by atoms with Crippen LogP contribution in [-0.2, 0) is 20.8 Å². The van der Waals surface area contributed by atoms with Gasteiger partial charge in [0.2, 0.25) is 5.91 Å². The fourth-order valence-electron chi connectivity index (χ4n) is 2.64. The second-order valence-electron chi connectivity index (χ2n) is 6.31. The summed E-state index contributed by atoms with van der Waals surface area (Å²) in [6, 6.07) is 0. The monoisotopic (exact) mass is 441 g/mol. The lowest BCUT2D eigenvalue weighted by atomic mass is 10.1. The largest absolute Gasteiger partial charge is 0.462 e. The minimum Gasteiger partial charge on any atom is -0.462 e. The van der Waals surface area contributed by atoms with Gasteiger partial charge in [-0.2, -0.15) is 5.10 Å². The summed E-state index contributed by atoms with van der Waals surface area (Å²) in [7, 11) is 0. The number of anilines is 1. The van der Waals surface area contributed by atoms with Crippen LogP contribution >= 0.6 is 22.9 Å². The Kier molecular flexibility index (Phi) is 7.80. The first kappa shape index (κ1) is 22.9. The zero-order chi connectivity index (χ0) is 21.7. The van der Waals surface area contributed by atoms with Crippen LogP contribution in [0.3, 0.4) is 0 Å². The molecule has 2 heterocycles. The number of thiophene rings is 1. The molecule has 29 heavy (non-hydrogen) atoms. The summed E-state index contributed by atoms with van der Waals surface area (Å²) in [4.78, 5) is 37.6. The predicted octanol–water partition coefficient (Wildman–Crippen LogP) is 3.91. The molecule has 0 bridgehead atoms. The van der Waals surface area contributed by atoms with Crippen molar-refractivity contribution >= 4 is 45.8 Å². The third-order valence-electron chi connectivity index (χ3n) is 4.09. The molecular weight excluding hydrogens is 418 g/mol. The molecule has 0 atom stereocenters. The lowest BCUT2D eigenvalue weighted by Gasteiger charge is -2.08. The van der Waals surface area contributed by atoms with Crippen LogP contribution < -0.4 is 5.32 Å². The number of aromatic nitrogens is 2. The zero-order valence-corrected chi connectivity index (χ0v) is 18.6. The molecule has 0 spiro atoms. The van der Waals surface area contributed by atoms with Crippen molar-refractivity contribution in [3.63, 3.8) is 0 Å². The number of nitrogens with one attached hydrogen (secondary N) is 1. The molecule has 2 rings (SSSR count). The van der Waals surface area contributed by atoms with Crippen LogP contribution in [0.15, 0.2) is 0 Å². The smallest absolute Gasteiger partial charge is 0.348 e. The van der Waals surface area contributed by atoms with E-state index in [1.165, 1.54) is 4.68 Å². The van der Waals surface area contributed by atoms with E-state index in [4.69, 9.17) is 21.1 Å². The van der Waals surface area contributed by atoms with Gasteiger partial charge in [0.15, 0.2) is 0 Å². The lowest BCUT2D eigenvalue weighted by molar-refractivity contribution is -0.116. The first-order valence-corrected chi connectivity index (χ1v) is 10.4. The van der Waals surface area contributed by atoms with Crippen molar-refractivity contribution < 1.29 is 23.9 Å². The van der Waals surface area contributed by atoms with E-state index in [9.17, 15) is 14.4 Å². The Bertz CT molecular complexity index is 935. The predicted molar refractivity (Wildman–Crippen MR) is 111 cm³/mol. The van der Waals surface area contributed by atoms with Crippen molar-refractivity contribution in [1.29, 1.82) is 0 Å². The summed E-state index contributed by atoms with van der Waals surface area (Å²) in [6.45, 7) is 9.06. The molecule has 1 amide bonds. The Morgan fingerprint density at radius 1 is 1.14 bits per heavy atom. The van der Waals surface area contributed by atoms with E-state index in [0.29, 0.717) is 28.4 Å². The molecule has 0 aliphatic heterocycles. The van der Waals surface area contributed by atoms with Crippen molar-refractivity contribution in [3.05, 3.63) is 32.4 Å². The lowest BCUT2D eigenvalue weighted by Crippen LogP contribution is -2.21. The van der Waals surface area contributed by atoms with Gasteiger partial charge in [-0.05, 0) is 39.7 Å². The fraction of sp³-hybridized carbons (Fsp3) is 0.474. The van der Waals surface area contributed by atoms with E-state index in [1.807, 2.05) is 6.92 Å². The average molecular weight is 442 g/mol. The van der Waals surface area contributed by atoms with Crippen LogP contribution in [0.25, 0.3) is 0 Å². The summed E-state index contributed by atoms with van der Waals surface area (Å²) in [5.41, 5.74) is 1.86. The van der Waals surface area contributed by atoms with Crippen LogP contribution in [0.4, 0.5) is 5.00 Å². The van der Waals surface area contributed by atoms with Gasteiger partial charge in [0.25, 0.3) is 0 Å². The summed E-state index contributed by atoms with van der Waals surface area (Å²) in [6.07, 6.45) is 0.653. The first-order valence-electron chi connectivity index (χ1n) is 9.18. The van der Waals surface area contributed by atoms with Crippen molar-refractivity contribution in [1.82, 2.24) is 9.78 Å². The molecular formula is C19H24ClN3O5S. The number of amides is 1. The van der Waals surface area contributed by atoms with E-state index in [0.717, 1.165) is 11.3 Å². The standard InChI is InChI=1S/C19H24ClN3O5S/c1-6-8-28-18(25)14-10(3)16(19(26)27-7-2)29-17(14)21-13(24)9-23-12(5)15(20)11(4)22-23/h6-9H2,1-5H3,(H,21,24). The number of carbonyl (C=O) groups excluding carboxylic acids is 3. The molecule has 8 nitrogen and oxygen atoms in total. The molecule has 0 saturated carbocycles. The molecule has 2 aromatic rings. The van der Waals surface area contributed by atoms with E-state index in [1.54, 1.807) is 27.7 Å². The molecule has 0 radical (unpaired) electrons. The highest BCUT2D eigenvalue weighted by Crippen LogP contribution is 2.34. The Labute approximate surface area is 178 Å². The SMILES string of the molecule is CCCOC(=O)c1c(NC(=O)Cn2nc(C)c(Cl)c2C)sc(C(=O)OCC)c1C. The normalized spacial score (nSPS) is 10.7. The van der Waals surface area contributed by atoms with Gasteiger partial charge in [-0.3, -0.25) is 9.48 Å². The van der Waals surface area contributed by atoms with Crippen LogP contribution in [0.5, 0.6) is 0 Å². The van der Waals surface area contributed by atoms with Crippen molar-refractivity contribution in [2.45, 2.75) is 47.6 Å². The second kappa shape index (κ2) is 9.89. The van der Waals surface area contributed by atoms with Crippen LogP contribution in [0.2, 0.25) is 5.02 Å². The number of halogens is 1. The quantitative estimate of drug-likeness (QED) is 0.623. The number of esters is 2. The van der Waals surface area contributed by atoms with Gasteiger partial charge in [0.1, 0.15) is 16.4 Å². The number of hydrogen-bond acceptors (Lipinski definition) is 7. The van der Waals surface area contributed by atoms with Gasteiger partial charge in [-0.25, -0.2) is 9.59 Å². The molecule has 2 aromatic heterocycles. The van der Waals surface area contributed by atoms with Crippen LogP contribution in [0, 0.1) is 20.8 Å². The summed E-state index contributed by atoms with van der Waals surface area (Å²) in [5.74, 6) is -1.56. The Morgan fingerprint density at radius 2 is 1.83 bits per heavy atom. The molecule has 158 valence electrons. The first-order chi connectivity index (χ1) is 13.7. The van der Waals surface area contributed by atoms with Gasteiger partial charge in [0.05, 0.1) is 35.2 Å². The second-order valence-corrected chi connectivity index (χ2v) is 7.71. The zero-order valence-electron chi connectivity index (χ0n) is 17.1. The van der Waals surface area contributed by atoms with Gasteiger partial charge < -0.3 is 14.8 Å². The van der Waals surface area contributed by atoms with Gasteiger partial charge in [0, 0.05) is 0 Å².